The number of nitrogens with zero attached hydrogens (tertiary/aromatic N) is 2. The van der Waals surface area contributed by atoms with Crippen molar-refractivity contribution in [2.45, 2.75) is 44.7 Å². The van der Waals surface area contributed by atoms with E-state index in [2.05, 4.69) is 0 Å². The highest BCUT2D eigenvalue weighted by Crippen LogP contribution is 2.23. The number of fused-ring (bicyclic) bond motifs is 1. The number of ether oxygens (including phenoxy) is 1. The Bertz CT molecular complexity index is 332. The molecule has 2 aliphatic rings. The zero-order valence-electron chi connectivity index (χ0n) is 11.2. The molecule has 2 unspecified atom stereocenters. The molecule has 5 nitrogen and oxygen atoms in total. The number of piperidine rings is 1. The maximum atomic E-state index is 12.5. The number of carbonyl (C=O) groups is 2. The van der Waals surface area contributed by atoms with Gasteiger partial charge in [0.05, 0.1) is 12.6 Å². The molecule has 0 bridgehead atoms. The lowest BCUT2D eigenvalue weighted by Gasteiger charge is -2.35. The van der Waals surface area contributed by atoms with Crippen molar-refractivity contribution in [1.82, 2.24) is 9.80 Å². The molecule has 2 aliphatic heterocycles. The molecule has 18 heavy (non-hydrogen) atoms. The molecular weight excluding hydrogens is 232 g/mol. The van der Waals surface area contributed by atoms with Gasteiger partial charge in [-0.1, -0.05) is 0 Å². The summed E-state index contributed by atoms with van der Waals surface area (Å²) < 4.78 is 5.12. The SMILES string of the molecule is COCC(C)N1CCC(=O)N2CCCCC2C1=O. The molecule has 5 heteroatoms. The first-order chi connectivity index (χ1) is 8.65. The third kappa shape index (κ3) is 2.51. The first kappa shape index (κ1) is 13.3. The summed E-state index contributed by atoms with van der Waals surface area (Å²) in [6.07, 6.45) is 3.30. The average molecular weight is 254 g/mol. The van der Waals surface area contributed by atoms with Crippen LogP contribution in [-0.2, 0) is 14.3 Å². The third-order valence-corrected chi connectivity index (χ3v) is 3.90. The maximum absolute atomic E-state index is 12.5. The zero-order valence-corrected chi connectivity index (χ0v) is 11.2. The molecule has 0 aromatic carbocycles. The van der Waals surface area contributed by atoms with E-state index in [0.717, 1.165) is 25.8 Å². The van der Waals surface area contributed by atoms with E-state index in [-0.39, 0.29) is 23.9 Å². The van der Waals surface area contributed by atoms with E-state index in [1.807, 2.05) is 11.8 Å². The van der Waals surface area contributed by atoms with Gasteiger partial charge in [0.1, 0.15) is 6.04 Å². The molecule has 2 amide bonds. The smallest absolute Gasteiger partial charge is 0.245 e. The highest BCUT2D eigenvalue weighted by atomic mass is 16.5. The van der Waals surface area contributed by atoms with Crippen LogP contribution in [0.4, 0.5) is 0 Å². The van der Waals surface area contributed by atoms with Crippen molar-refractivity contribution in [1.29, 1.82) is 0 Å². The van der Waals surface area contributed by atoms with E-state index in [0.29, 0.717) is 19.6 Å². The van der Waals surface area contributed by atoms with Gasteiger partial charge in [0.2, 0.25) is 11.8 Å². The topological polar surface area (TPSA) is 49.9 Å². The van der Waals surface area contributed by atoms with Crippen molar-refractivity contribution < 1.29 is 14.3 Å². The van der Waals surface area contributed by atoms with Gasteiger partial charge in [-0.15, -0.1) is 0 Å². The number of carbonyl (C=O) groups excluding carboxylic acids is 2. The molecule has 0 radical (unpaired) electrons. The largest absolute Gasteiger partial charge is 0.383 e. The number of amides is 2. The number of hydrogen-bond acceptors (Lipinski definition) is 3. The van der Waals surface area contributed by atoms with E-state index in [1.165, 1.54) is 0 Å². The third-order valence-electron chi connectivity index (χ3n) is 3.90. The molecule has 0 saturated carbocycles. The molecule has 102 valence electrons. The summed E-state index contributed by atoms with van der Waals surface area (Å²) in [5, 5.41) is 0. The molecule has 2 saturated heterocycles. The Morgan fingerprint density at radius 3 is 2.83 bits per heavy atom. The Labute approximate surface area is 108 Å². The molecule has 0 N–H and O–H groups in total. The molecule has 0 aromatic heterocycles. The van der Waals surface area contributed by atoms with Crippen LogP contribution in [0.2, 0.25) is 0 Å². The molecule has 0 aliphatic carbocycles. The minimum Gasteiger partial charge on any atom is -0.383 e. The maximum Gasteiger partial charge on any atom is 0.245 e. The Morgan fingerprint density at radius 1 is 1.33 bits per heavy atom. The lowest BCUT2D eigenvalue weighted by molar-refractivity contribution is -0.144. The van der Waals surface area contributed by atoms with E-state index < -0.39 is 0 Å². The van der Waals surface area contributed by atoms with Gasteiger partial charge in [0.15, 0.2) is 0 Å². The van der Waals surface area contributed by atoms with Crippen molar-refractivity contribution in [3.05, 3.63) is 0 Å². The first-order valence-corrected chi connectivity index (χ1v) is 6.74. The van der Waals surface area contributed by atoms with E-state index in [1.54, 1.807) is 12.0 Å². The van der Waals surface area contributed by atoms with Gasteiger partial charge in [-0.3, -0.25) is 9.59 Å². The fourth-order valence-electron chi connectivity index (χ4n) is 2.92. The summed E-state index contributed by atoms with van der Waals surface area (Å²) in [6, 6.07) is -0.190. The summed E-state index contributed by atoms with van der Waals surface area (Å²) in [5.41, 5.74) is 0. The van der Waals surface area contributed by atoms with Gasteiger partial charge < -0.3 is 14.5 Å². The summed E-state index contributed by atoms with van der Waals surface area (Å²) in [5.74, 6) is 0.227. The van der Waals surface area contributed by atoms with Crippen LogP contribution in [0.15, 0.2) is 0 Å². The number of methoxy groups -OCH3 is 1. The van der Waals surface area contributed by atoms with Crippen molar-refractivity contribution in [3.63, 3.8) is 0 Å². The lowest BCUT2D eigenvalue weighted by Crippen LogP contribution is -2.52. The molecule has 2 fully saturated rings. The van der Waals surface area contributed by atoms with Crippen LogP contribution >= 0.6 is 0 Å². The minimum atomic E-state index is -0.229. The monoisotopic (exact) mass is 254 g/mol. The highest BCUT2D eigenvalue weighted by molar-refractivity contribution is 5.90. The van der Waals surface area contributed by atoms with Crippen LogP contribution in [0.3, 0.4) is 0 Å². The van der Waals surface area contributed by atoms with Gasteiger partial charge in [-0.05, 0) is 26.2 Å². The Balaban J connectivity index is 2.15. The molecule has 2 rings (SSSR count). The second kappa shape index (κ2) is 5.69. The van der Waals surface area contributed by atoms with Gasteiger partial charge in [0.25, 0.3) is 0 Å². The fraction of sp³-hybridized carbons (Fsp3) is 0.846. The summed E-state index contributed by atoms with van der Waals surface area (Å²) in [7, 11) is 1.64. The van der Waals surface area contributed by atoms with Gasteiger partial charge in [-0.2, -0.15) is 0 Å². The normalized spacial score (nSPS) is 26.9. The zero-order chi connectivity index (χ0) is 13.1. The van der Waals surface area contributed by atoms with Crippen molar-refractivity contribution >= 4 is 11.8 Å². The Morgan fingerprint density at radius 2 is 2.11 bits per heavy atom. The molecule has 2 atom stereocenters. The van der Waals surface area contributed by atoms with Crippen LogP contribution in [0.25, 0.3) is 0 Å². The minimum absolute atomic E-state index is 0.0391. The van der Waals surface area contributed by atoms with Crippen molar-refractivity contribution in [2.75, 3.05) is 26.8 Å². The predicted octanol–water partition coefficient (Wildman–Crippen LogP) is 0.635. The van der Waals surface area contributed by atoms with Crippen LogP contribution in [-0.4, -0.2) is 60.5 Å². The number of hydrogen-bond donors (Lipinski definition) is 0. The second-order valence-electron chi connectivity index (χ2n) is 5.18. The molecule has 0 spiro atoms. The average Bonchev–Trinajstić information content (AvgIpc) is 2.50. The van der Waals surface area contributed by atoms with Crippen molar-refractivity contribution in [2.24, 2.45) is 0 Å². The summed E-state index contributed by atoms with van der Waals surface area (Å²) >= 11 is 0. The van der Waals surface area contributed by atoms with Crippen LogP contribution in [0.1, 0.15) is 32.6 Å². The lowest BCUT2D eigenvalue weighted by atomic mass is 10.0. The summed E-state index contributed by atoms with van der Waals surface area (Å²) in [4.78, 5) is 28.2. The molecule has 2 heterocycles. The van der Waals surface area contributed by atoms with Gasteiger partial charge >= 0.3 is 0 Å². The van der Waals surface area contributed by atoms with E-state index in [9.17, 15) is 9.59 Å². The number of rotatable bonds is 3. The Kier molecular flexibility index (Phi) is 4.22. The predicted molar refractivity (Wildman–Crippen MR) is 67.0 cm³/mol. The first-order valence-electron chi connectivity index (χ1n) is 6.74. The fourth-order valence-corrected chi connectivity index (χ4v) is 2.92. The van der Waals surface area contributed by atoms with Gasteiger partial charge in [0, 0.05) is 26.6 Å². The quantitative estimate of drug-likeness (QED) is 0.742. The highest BCUT2D eigenvalue weighted by Gasteiger charge is 2.38. The van der Waals surface area contributed by atoms with Gasteiger partial charge in [-0.25, -0.2) is 0 Å². The molecule has 0 aromatic rings. The second-order valence-corrected chi connectivity index (χ2v) is 5.18. The van der Waals surface area contributed by atoms with Crippen LogP contribution < -0.4 is 0 Å². The van der Waals surface area contributed by atoms with Crippen LogP contribution in [0.5, 0.6) is 0 Å². The van der Waals surface area contributed by atoms with Crippen LogP contribution in [0, 0.1) is 0 Å². The molecular formula is C13H22N2O3. The Hall–Kier alpha value is -1.10. The van der Waals surface area contributed by atoms with E-state index in [4.69, 9.17) is 4.74 Å². The van der Waals surface area contributed by atoms with Crippen molar-refractivity contribution in [3.8, 4) is 0 Å². The summed E-state index contributed by atoms with van der Waals surface area (Å²) in [6.45, 7) is 3.76. The standard InChI is InChI=1S/C13H22N2O3/c1-10(9-18-2)14-8-6-12(16)15-7-4-3-5-11(15)13(14)17/h10-11H,3-9H2,1-2H3. The van der Waals surface area contributed by atoms with E-state index >= 15 is 0 Å².